The van der Waals surface area contributed by atoms with E-state index in [0.29, 0.717) is 0 Å². The fraction of sp³-hybridized carbons (Fsp3) is 0.404. The molecule has 4 nitrogen and oxygen atoms in total. The third-order valence-corrected chi connectivity index (χ3v) is 11.4. The second-order valence-electron chi connectivity index (χ2n) is 15.2. The van der Waals surface area contributed by atoms with Crippen molar-refractivity contribution in [1.29, 1.82) is 0 Å². The monoisotopic (exact) mass is 750 g/mol. The summed E-state index contributed by atoms with van der Waals surface area (Å²) in [6.45, 7) is 10.8. The molecule has 0 saturated carbocycles. The number of para-hydroxylation sites is 2. The van der Waals surface area contributed by atoms with Gasteiger partial charge in [-0.25, -0.2) is 0 Å². The molecule has 2 aliphatic heterocycles. The second-order valence-corrected chi connectivity index (χ2v) is 15.2. The van der Waals surface area contributed by atoms with Gasteiger partial charge in [-0.1, -0.05) is 117 Å². The van der Waals surface area contributed by atoms with Gasteiger partial charge in [-0.05, 0) is 124 Å². The Bertz CT molecular complexity index is 1920. The Morgan fingerprint density at radius 1 is 0.547 bits per heavy atom. The van der Waals surface area contributed by atoms with E-state index < -0.39 is 0 Å². The number of piperidine rings is 2. The van der Waals surface area contributed by atoms with E-state index in [1.165, 1.54) is 122 Å². The minimum atomic E-state index is 0. The Hall–Kier alpha value is -3.54. The summed E-state index contributed by atoms with van der Waals surface area (Å²) in [7, 11) is 0. The van der Waals surface area contributed by atoms with Gasteiger partial charge < -0.3 is 19.4 Å². The lowest BCUT2D eigenvalue weighted by Gasteiger charge is -2.32. The van der Waals surface area contributed by atoms with E-state index >= 15 is 0 Å². The van der Waals surface area contributed by atoms with Crippen LogP contribution in [0.3, 0.4) is 0 Å². The van der Waals surface area contributed by atoms with Crippen LogP contribution >= 0.6 is 24.8 Å². The molecule has 4 aromatic carbocycles. The predicted molar refractivity (Wildman–Crippen MR) is 231 cm³/mol. The highest BCUT2D eigenvalue weighted by molar-refractivity contribution is 5.86. The summed E-state index contributed by atoms with van der Waals surface area (Å²) < 4.78 is 5.02. The van der Waals surface area contributed by atoms with Gasteiger partial charge in [0.05, 0.1) is 0 Å². The van der Waals surface area contributed by atoms with Crippen molar-refractivity contribution in [3.8, 4) is 0 Å². The van der Waals surface area contributed by atoms with Gasteiger partial charge in [-0.15, -0.1) is 24.8 Å². The van der Waals surface area contributed by atoms with Crippen LogP contribution in [0.25, 0.3) is 21.8 Å². The molecule has 2 aliphatic rings. The van der Waals surface area contributed by atoms with Crippen molar-refractivity contribution in [2.75, 3.05) is 32.7 Å². The van der Waals surface area contributed by atoms with Gasteiger partial charge in [-0.2, -0.15) is 0 Å². The lowest BCUT2D eigenvalue weighted by Crippen LogP contribution is -2.35. The van der Waals surface area contributed by atoms with Crippen LogP contribution < -0.4 is 5.32 Å². The van der Waals surface area contributed by atoms with Crippen LogP contribution in [0.5, 0.6) is 0 Å². The summed E-state index contributed by atoms with van der Waals surface area (Å²) in [6, 6.07) is 39.4. The van der Waals surface area contributed by atoms with Crippen LogP contribution in [-0.2, 0) is 25.9 Å². The van der Waals surface area contributed by atoms with Crippen LogP contribution in [0, 0.1) is 11.8 Å². The Labute approximate surface area is 330 Å². The molecule has 0 unspecified atom stereocenters. The molecule has 0 spiro atoms. The zero-order valence-corrected chi connectivity index (χ0v) is 33.3. The Morgan fingerprint density at radius 3 is 1.49 bits per heavy atom. The van der Waals surface area contributed by atoms with E-state index in [1.807, 2.05) is 0 Å². The molecule has 1 N–H and O–H groups in total. The molecular formula is C47H60Cl2N4. The molecule has 2 fully saturated rings. The lowest BCUT2D eigenvalue weighted by molar-refractivity contribution is 0.172. The number of fused-ring (bicyclic) bond motifs is 2. The van der Waals surface area contributed by atoms with Crippen molar-refractivity contribution >= 4 is 46.6 Å². The van der Waals surface area contributed by atoms with Gasteiger partial charge in [0.2, 0.25) is 0 Å². The first kappa shape index (κ1) is 40.6. The standard InChI is InChI=1S/C26H34N2.C21H24N2.2ClH/c1-2-3-9-16-27-17-14-23(15-18-27)20-28-21-24(19-22-10-5-4-6-11-22)25-12-7-8-13-26(25)28;1-2-6-17(7-3-1)14-19-16-23(15-18-10-12-22-13-11-18)21-9-5-4-8-20(19)21;;/h4-8,10-13,21,23H,2-3,9,14-20H2,1H3;1-9,16,18,22H,10-15H2;2*1H. The first-order valence-corrected chi connectivity index (χ1v) is 19.9. The quantitative estimate of drug-likeness (QED) is 0.126. The third-order valence-electron chi connectivity index (χ3n) is 11.4. The average molecular weight is 752 g/mol. The molecule has 6 heteroatoms. The highest BCUT2D eigenvalue weighted by Crippen LogP contribution is 2.28. The summed E-state index contributed by atoms with van der Waals surface area (Å²) in [5.41, 5.74) is 8.47. The maximum atomic E-state index is 3.47. The van der Waals surface area contributed by atoms with Crippen molar-refractivity contribution in [3.05, 3.63) is 144 Å². The summed E-state index contributed by atoms with van der Waals surface area (Å²) in [4.78, 5) is 2.68. The topological polar surface area (TPSA) is 25.1 Å². The summed E-state index contributed by atoms with van der Waals surface area (Å²) >= 11 is 0. The molecule has 4 heterocycles. The van der Waals surface area contributed by atoms with Gasteiger partial charge in [0, 0.05) is 47.3 Å². The molecule has 0 amide bonds. The number of halogens is 2. The predicted octanol–water partition coefficient (Wildman–Crippen LogP) is 11.2. The molecule has 8 rings (SSSR count). The van der Waals surface area contributed by atoms with Crippen molar-refractivity contribution in [1.82, 2.24) is 19.4 Å². The van der Waals surface area contributed by atoms with Gasteiger partial charge in [0.1, 0.15) is 0 Å². The first-order chi connectivity index (χ1) is 25.2. The number of nitrogens with one attached hydrogen (secondary N) is 1. The summed E-state index contributed by atoms with van der Waals surface area (Å²) in [6.07, 6.45) is 16.2. The number of likely N-dealkylation sites (tertiary alicyclic amines) is 1. The normalized spacial score (nSPS) is 15.4. The number of rotatable bonds is 12. The molecule has 6 aromatic rings. The van der Waals surface area contributed by atoms with E-state index in [1.54, 1.807) is 0 Å². The van der Waals surface area contributed by atoms with Gasteiger partial charge >= 0.3 is 0 Å². The molecule has 2 aromatic heterocycles. The molecule has 53 heavy (non-hydrogen) atoms. The van der Waals surface area contributed by atoms with Gasteiger partial charge in [0.15, 0.2) is 0 Å². The number of hydrogen-bond acceptors (Lipinski definition) is 2. The SMILES string of the molecule is CCCCCN1CCC(Cn2cc(Cc3ccccc3)c3ccccc32)CC1.Cl.Cl.c1ccc(Cc2cn(CC3CCNCC3)c3ccccc23)cc1. The smallest absolute Gasteiger partial charge is 0.0483 e. The molecule has 0 aliphatic carbocycles. The van der Waals surface area contributed by atoms with E-state index in [4.69, 9.17) is 0 Å². The third kappa shape index (κ3) is 11.0. The van der Waals surface area contributed by atoms with Gasteiger partial charge in [0.25, 0.3) is 0 Å². The molecule has 2 saturated heterocycles. The Kier molecular flexibility index (Phi) is 15.9. The molecule has 282 valence electrons. The highest BCUT2D eigenvalue weighted by atomic mass is 35.5. The number of unbranched alkanes of at least 4 members (excludes halogenated alkanes) is 2. The second kappa shape index (κ2) is 20.8. The van der Waals surface area contributed by atoms with Crippen LogP contribution in [0.15, 0.2) is 122 Å². The molecule has 0 bridgehead atoms. The maximum Gasteiger partial charge on any atom is 0.0483 e. The Balaban J connectivity index is 0.000000200. The number of hydrogen-bond donors (Lipinski definition) is 1. The highest BCUT2D eigenvalue weighted by Gasteiger charge is 2.21. The van der Waals surface area contributed by atoms with E-state index in [2.05, 4.69) is 148 Å². The lowest BCUT2D eigenvalue weighted by atomic mass is 9.96. The molecular weight excluding hydrogens is 691 g/mol. The fourth-order valence-electron chi connectivity index (χ4n) is 8.46. The largest absolute Gasteiger partial charge is 0.347 e. The van der Waals surface area contributed by atoms with Crippen molar-refractivity contribution in [2.24, 2.45) is 11.8 Å². The minimum Gasteiger partial charge on any atom is -0.347 e. The number of nitrogens with zero attached hydrogens (tertiary/aromatic N) is 3. The Morgan fingerprint density at radius 2 is 1.00 bits per heavy atom. The van der Waals surface area contributed by atoms with E-state index in [9.17, 15) is 0 Å². The zero-order chi connectivity index (χ0) is 34.7. The number of aromatic nitrogens is 2. The summed E-state index contributed by atoms with van der Waals surface area (Å²) in [5, 5.41) is 6.29. The van der Waals surface area contributed by atoms with Crippen LogP contribution in [0.1, 0.15) is 74.1 Å². The van der Waals surface area contributed by atoms with E-state index in [-0.39, 0.29) is 24.8 Å². The van der Waals surface area contributed by atoms with Crippen LogP contribution in [-0.4, -0.2) is 46.8 Å². The van der Waals surface area contributed by atoms with Crippen molar-refractivity contribution in [3.63, 3.8) is 0 Å². The average Bonchev–Trinajstić information content (AvgIpc) is 3.70. The maximum absolute atomic E-state index is 3.47. The summed E-state index contributed by atoms with van der Waals surface area (Å²) in [5.74, 6) is 1.61. The first-order valence-electron chi connectivity index (χ1n) is 19.9. The number of benzene rings is 4. The van der Waals surface area contributed by atoms with E-state index in [0.717, 1.165) is 37.8 Å². The minimum absolute atomic E-state index is 0. The molecule has 0 atom stereocenters. The van der Waals surface area contributed by atoms with Crippen molar-refractivity contribution in [2.45, 2.75) is 77.8 Å². The molecule has 0 radical (unpaired) electrons. The fourth-order valence-corrected chi connectivity index (χ4v) is 8.46. The van der Waals surface area contributed by atoms with Crippen LogP contribution in [0.2, 0.25) is 0 Å². The van der Waals surface area contributed by atoms with Crippen molar-refractivity contribution < 1.29 is 0 Å². The zero-order valence-electron chi connectivity index (χ0n) is 31.7. The van der Waals surface area contributed by atoms with Crippen LogP contribution in [0.4, 0.5) is 0 Å². The van der Waals surface area contributed by atoms with Gasteiger partial charge in [-0.3, -0.25) is 0 Å².